The topological polar surface area (TPSA) is 81.6 Å². The molecule has 1 aliphatic heterocycles. The first kappa shape index (κ1) is 22.9. The minimum Gasteiger partial charge on any atom is -0.465 e. The molecule has 0 N–H and O–H groups in total. The Labute approximate surface area is 185 Å². The van der Waals surface area contributed by atoms with Gasteiger partial charge in [0.2, 0.25) is 0 Å². The van der Waals surface area contributed by atoms with Gasteiger partial charge in [-0.05, 0) is 58.4 Å². The molecule has 1 aromatic carbocycles. The maximum atomic E-state index is 14.4. The van der Waals surface area contributed by atoms with Crippen LogP contribution in [0.2, 0.25) is 5.02 Å². The van der Waals surface area contributed by atoms with Crippen LogP contribution in [0.15, 0.2) is 24.3 Å². The van der Waals surface area contributed by atoms with Crippen LogP contribution in [0.1, 0.15) is 44.5 Å². The van der Waals surface area contributed by atoms with Crippen LogP contribution < -0.4 is 4.90 Å². The summed E-state index contributed by atoms with van der Waals surface area (Å²) in [5, 5.41) is 8.63. The molecule has 2 aromatic rings. The predicted molar refractivity (Wildman–Crippen MR) is 115 cm³/mol. The standard InChI is InChI=1S/C22H25ClFN3O4/c1-21(2,3)31-19(28)15-11-17(14-10-13(23)6-7-16(14)24)25-26-18(15)27(5)12-22(4)8-9-30-20(22)29/h6-7,10-11H,8-9,12H2,1-5H3. The van der Waals surface area contributed by atoms with Gasteiger partial charge in [-0.2, -0.15) is 0 Å². The Morgan fingerprint density at radius 1 is 1.32 bits per heavy atom. The van der Waals surface area contributed by atoms with Gasteiger partial charge in [-0.3, -0.25) is 4.79 Å². The Balaban J connectivity index is 2.04. The maximum Gasteiger partial charge on any atom is 0.342 e. The van der Waals surface area contributed by atoms with E-state index in [1.54, 1.807) is 39.6 Å². The zero-order chi connectivity index (χ0) is 23.0. The highest BCUT2D eigenvalue weighted by atomic mass is 35.5. The van der Waals surface area contributed by atoms with Gasteiger partial charge in [-0.1, -0.05) is 11.6 Å². The third-order valence-corrected chi connectivity index (χ3v) is 5.16. The second-order valence-corrected chi connectivity index (χ2v) is 9.33. The van der Waals surface area contributed by atoms with Gasteiger partial charge in [-0.15, -0.1) is 10.2 Å². The number of carbonyl (C=O) groups excluding carboxylic acids is 2. The third-order valence-electron chi connectivity index (χ3n) is 4.93. The number of rotatable bonds is 5. The highest BCUT2D eigenvalue weighted by Gasteiger charge is 2.41. The van der Waals surface area contributed by atoms with Gasteiger partial charge in [0.15, 0.2) is 5.82 Å². The Morgan fingerprint density at radius 2 is 2.03 bits per heavy atom. The molecule has 2 heterocycles. The molecule has 1 aromatic heterocycles. The molecule has 31 heavy (non-hydrogen) atoms. The summed E-state index contributed by atoms with van der Waals surface area (Å²) in [5.74, 6) is -1.26. The molecule has 0 spiro atoms. The molecule has 0 radical (unpaired) electrons. The normalized spacial score (nSPS) is 18.6. The minimum atomic E-state index is -0.751. The SMILES string of the molecule is CN(CC1(C)CCOC1=O)c1nnc(-c2cc(Cl)ccc2F)cc1C(=O)OC(C)(C)C. The Bertz CT molecular complexity index is 1020. The molecule has 0 aliphatic carbocycles. The van der Waals surface area contributed by atoms with Crippen molar-refractivity contribution in [3.05, 3.63) is 40.7 Å². The zero-order valence-electron chi connectivity index (χ0n) is 18.2. The number of esters is 2. The zero-order valence-corrected chi connectivity index (χ0v) is 18.9. The molecule has 1 atom stereocenters. The molecule has 0 bridgehead atoms. The third kappa shape index (κ3) is 5.12. The molecule has 166 valence electrons. The van der Waals surface area contributed by atoms with E-state index in [2.05, 4.69) is 10.2 Å². The first-order valence-electron chi connectivity index (χ1n) is 9.84. The molecule has 1 aliphatic rings. The van der Waals surface area contributed by atoms with Crippen molar-refractivity contribution in [2.75, 3.05) is 25.1 Å². The molecule has 0 saturated carbocycles. The summed E-state index contributed by atoms with van der Waals surface area (Å²) in [5.41, 5.74) is -1.12. The van der Waals surface area contributed by atoms with Crippen LogP contribution in [0, 0.1) is 11.2 Å². The number of benzene rings is 1. The lowest BCUT2D eigenvalue weighted by atomic mass is 9.88. The summed E-state index contributed by atoms with van der Waals surface area (Å²) < 4.78 is 25.0. The summed E-state index contributed by atoms with van der Waals surface area (Å²) in [6, 6.07) is 5.49. The number of anilines is 1. The minimum absolute atomic E-state index is 0.108. The Kier molecular flexibility index (Phi) is 6.23. The average Bonchev–Trinajstić information content (AvgIpc) is 3.00. The molecular formula is C22H25ClFN3O4. The van der Waals surface area contributed by atoms with Crippen LogP contribution in [0.5, 0.6) is 0 Å². The molecule has 9 heteroatoms. The van der Waals surface area contributed by atoms with Crippen molar-refractivity contribution in [3.8, 4) is 11.3 Å². The monoisotopic (exact) mass is 449 g/mol. The lowest BCUT2D eigenvalue weighted by Crippen LogP contribution is -2.38. The predicted octanol–water partition coefficient (Wildman–Crippen LogP) is 4.28. The van der Waals surface area contributed by atoms with E-state index in [0.29, 0.717) is 18.1 Å². The van der Waals surface area contributed by atoms with E-state index in [9.17, 15) is 14.0 Å². The van der Waals surface area contributed by atoms with Crippen LogP contribution in [0.3, 0.4) is 0 Å². The smallest absolute Gasteiger partial charge is 0.342 e. The number of halogens is 2. The van der Waals surface area contributed by atoms with Crippen LogP contribution in [0.25, 0.3) is 11.3 Å². The molecule has 1 saturated heterocycles. The van der Waals surface area contributed by atoms with E-state index >= 15 is 0 Å². The largest absolute Gasteiger partial charge is 0.465 e. The lowest BCUT2D eigenvalue weighted by Gasteiger charge is -2.28. The van der Waals surface area contributed by atoms with Gasteiger partial charge in [0.1, 0.15) is 17.0 Å². The van der Waals surface area contributed by atoms with Gasteiger partial charge in [0, 0.05) is 24.2 Å². The second-order valence-electron chi connectivity index (χ2n) is 8.90. The summed E-state index contributed by atoms with van der Waals surface area (Å²) in [6.07, 6.45) is 0.553. The van der Waals surface area contributed by atoms with Gasteiger partial charge in [-0.25, -0.2) is 9.18 Å². The van der Waals surface area contributed by atoms with Crippen molar-refractivity contribution in [3.63, 3.8) is 0 Å². The van der Waals surface area contributed by atoms with Gasteiger partial charge in [0.05, 0.1) is 17.7 Å². The van der Waals surface area contributed by atoms with E-state index in [1.807, 2.05) is 0 Å². The van der Waals surface area contributed by atoms with Gasteiger partial charge in [0.25, 0.3) is 0 Å². The Morgan fingerprint density at radius 3 is 2.65 bits per heavy atom. The fourth-order valence-electron chi connectivity index (χ4n) is 3.36. The maximum absolute atomic E-state index is 14.4. The van der Waals surface area contributed by atoms with Gasteiger partial charge >= 0.3 is 11.9 Å². The lowest BCUT2D eigenvalue weighted by molar-refractivity contribution is -0.145. The number of ether oxygens (including phenoxy) is 2. The number of hydrogen-bond donors (Lipinski definition) is 0. The molecule has 0 amide bonds. The molecule has 1 unspecified atom stereocenters. The quantitative estimate of drug-likeness (QED) is 0.630. The van der Waals surface area contributed by atoms with E-state index in [4.69, 9.17) is 21.1 Å². The van der Waals surface area contributed by atoms with Crippen LogP contribution in [0.4, 0.5) is 10.2 Å². The second kappa shape index (κ2) is 8.42. The number of cyclic esters (lactones) is 1. The van der Waals surface area contributed by atoms with E-state index in [1.165, 1.54) is 24.3 Å². The Hall–Kier alpha value is -2.74. The van der Waals surface area contributed by atoms with E-state index < -0.39 is 22.8 Å². The first-order valence-corrected chi connectivity index (χ1v) is 10.2. The number of carbonyl (C=O) groups is 2. The fraction of sp³-hybridized carbons (Fsp3) is 0.455. The molecular weight excluding hydrogens is 425 g/mol. The summed E-state index contributed by atoms with van der Waals surface area (Å²) in [6.45, 7) is 7.65. The number of nitrogens with zero attached hydrogens (tertiary/aromatic N) is 3. The van der Waals surface area contributed by atoms with Crippen molar-refractivity contribution in [2.45, 2.75) is 39.7 Å². The van der Waals surface area contributed by atoms with Crippen LogP contribution >= 0.6 is 11.6 Å². The van der Waals surface area contributed by atoms with Crippen LogP contribution in [-0.4, -0.2) is 47.9 Å². The van der Waals surface area contributed by atoms with Crippen molar-refractivity contribution in [1.82, 2.24) is 10.2 Å². The molecule has 1 fully saturated rings. The summed E-state index contributed by atoms with van der Waals surface area (Å²) in [4.78, 5) is 26.8. The highest BCUT2D eigenvalue weighted by Crippen LogP contribution is 2.33. The van der Waals surface area contributed by atoms with Crippen molar-refractivity contribution < 1.29 is 23.5 Å². The number of hydrogen-bond acceptors (Lipinski definition) is 7. The van der Waals surface area contributed by atoms with Crippen molar-refractivity contribution >= 4 is 29.4 Å². The highest BCUT2D eigenvalue weighted by molar-refractivity contribution is 6.30. The summed E-state index contributed by atoms with van der Waals surface area (Å²) >= 11 is 6.00. The summed E-state index contributed by atoms with van der Waals surface area (Å²) in [7, 11) is 1.70. The first-order chi connectivity index (χ1) is 14.4. The van der Waals surface area contributed by atoms with Gasteiger partial charge < -0.3 is 14.4 Å². The fourth-order valence-corrected chi connectivity index (χ4v) is 3.54. The van der Waals surface area contributed by atoms with Crippen molar-refractivity contribution in [2.24, 2.45) is 5.41 Å². The number of aromatic nitrogens is 2. The molecule has 7 nitrogen and oxygen atoms in total. The van der Waals surface area contributed by atoms with Crippen molar-refractivity contribution in [1.29, 1.82) is 0 Å². The van der Waals surface area contributed by atoms with E-state index in [0.717, 1.165) is 0 Å². The molecule has 3 rings (SSSR count). The van der Waals surface area contributed by atoms with E-state index in [-0.39, 0.29) is 35.2 Å². The van der Waals surface area contributed by atoms with Crippen LogP contribution in [-0.2, 0) is 14.3 Å². The average molecular weight is 450 g/mol.